The molecule has 3 rings (SSSR count). The average molecular weight is 242 g/mol. The molecular formula is C13H10N2O3. The monoisotopic (exact) mass is 242 g/mol. The largest absolute Gasteiger partial charge is 0.463 e. The van der Waals surface area contributed by atoms with E-state index in [4.69, 9.17) is 9.15 Å². The van der Waals surface area contributed by atoms with E-state index in [9.17, 15) is 4.79 Å². The van der Waals surface area contributed by atoms with Crippen LogP contribution in [-0.2, 0) is 11.3 Å². The number of hydrogen-bond donors (Lipinski definition) is 1. The van der Waals surface area contributed by atoms with E-state index in [0.29, 0.717) is 11.3 Å². The van der Waals surface area contributed by atoms with Gasteiger partial charge in [0, 0.05) is 24.5 Å². The Balaban J connectivity index is 1.70. The maximum atomic E-state index is 11.8. The molecule has 0 bridgehead atoms. The summed E-state index contributed by atoms with van der Waals surface area (Å²) in [5.41, 5.74) is 2.71. The number of nitrogens with zero attached hydrogens (tertiary/aromatic N) is 1. The van der Waals surface area contributed by atoms with Crippen molar-refractivity contribution in [3.63, 3.8) is 0 Å². The number of aromatic nitrogens is 2. The summed E-state index contributed by atoms with van der Waals surface area (Å²) in [6.45, 7) is 0.224. The number of furan rings is 1. The molecule has 0 saturated carbocycles. The summed E-state index contributed by atoms with van der Waals surface area (Å²) in [6.07, 6.45) is 4.88. The molecule has 0 saturated heterocycles. The van der Waals surface area contributed by atoms with Gasteiger partial charge in [-0.15, -0.1) is 0 Å². The molecule has 0 aliphatic rings. The number of esters is 1. The minimum absolute atomic E-state index is 0.224. The number of ether oxygens (including phenoxy) is 1. The topological polar surface area (TPSA) is 68.1 Å². The SMILES string of the molecule is O=C(OCc1ccncc1)c1cc2occc2[nH]1. The molecule has 5 heteroatoms. The second-order valence-corrected chi connectivity index (χ2v) is 3.81. The number of hydrogen-bond acceptors (Lipinski definition) is 4. The minimum atomic E-state index is -0.404. The molecule has 0 aliphatic heterocycles. The fourth-order valence-corrected chi connectivity index (χ4v) is 1.66. The number of fused-ring (bicyclic) bond motifs is 1. The van der Waals surface area contributed by atoms with E-state index in [1.165, 1.54) is 0 Å². The zero-order valence-electron chi connectivity index (χ0n) is 9.42. The molecule has 0 atom stereocenters. The van der Waals surface area contributed by atoms with E-state index in [1.54, 1.807) is 42.9 Å². The van der Waals surface area contributed by atoms with E-state index < -0.39 is 5.97 Å². The summed E-state index contributed by atoms with van der Waals surface area (Å²) in [6, 6.07) is 6.99. The van der Waals surface area contributed by atoms with Crippen molar-refractivity contribution >= 4 is 17.1 Å². The van der Waals surface area contributed by atoms with Crippen molar-refractivity contribution in [3.05, 3.63) is 54.2 Å². The van der Waals surface area contributed by atoms with Crippen molar-refractivity contribution < 1.29 is 13.9 Å². The van der Waals surface area contributed by atoms with Crippen LogP contribution in [0.15, 0.2) is 47.3 Å². The first-order valence-corrected chi connectivity index (χ1v) is 5.45. The Morgan fingerprint density at radius 1 is 1.33 bits per heavy atom. The highest BCUT2D eigenvalue weighted by Gasteiger charge is 2.12. The Morgan fingerprint density at radius 3 is 2.94 bits per heavy atom. The zero-order chi connectivity index (χ0) is 12.4. The normalized spacial score (nSPS) is 10.7. The summed E-state index contributed by atoms with van der Waals surface area (Å²) in [5, 5.41) is 0. The molecule has 1 N–H and O–H groups in total. The van der Waals surface area contributed by atoms with Gasteiger partial charge in [0.15, 0.2) is 5.58 Å². The van der Waals surface area contributed by atoms with Crippen LogP contribution in [0.5, 0.6) is 0 Å². The second kappa shape index (κ2) is 4.37. The number of carbonyl (C=O) groups excluding carboxylic acids is 1. The molecule has 0 unspecified atom stereocenters. The standard InChI is InChI=1S/C13H10N2O3/c16-13(18-8-9-1-4-14-5-2-9)11-7-12-10(15-11)3-6-17-12/h1-7,15H,8H2. The van der Waals surface area contributed by atoms with Gasteiger partial charge >= 0.3 is 5.97 Å². The Bertz CT molecular complexity index is 641. The van der Waals surface area contributed by atoms with E-state index in [1.807, 2.05) is 0 Å². The van der Waals surface area contributed by atoms with Gasteiger partial charge in [-0.05, 0) is 17.7 Å². The lowest BCUT2D eigenvalue weighted by Gasteiger charge is -2.02. The highest BCUT2D eigenvalue weighted by atomic mass is 16.5. The summed E-state index contributed by atoms with van der Waals surface area (Å²) in [5.74, 6) is -0.404. The lowest BCUT2D eigenvalue weighted by atomic mass is 10.3. The first kappa shape index (κ1) is 10.6. The van der Waals surface area contributed by atoms with Crippen molar-refractivity contribution in [1.82, 2.24) is 9.97 Å². The van der Waals surface area contributed by atoms with Crippen molar-refractivity contribution in [1.29, 1.82) is 0 Å². The van der Waals surface area contributed by atoms with Crippen LogP contribution in [0.25, 0.3) is 11.1 Å². The molecule has 3 heterocycles. The third kappa shape index (κ3) is 1.98. The quantitative estimate of drug-likeness (QED) is 0.716. The molecule has 5 nitrogen and oxygen atoms in total. The summed E-state index contributed by atoms with van der Waals surface area (Å²) in [7, 11) is 0. The highest BCUT2D eigenvalue weighted by Crippen LogP contribution is 2.16. The van der Waals surface area contributed by atoms with Crippen LogP contribution >= 0.6 is 0 Å². The van der Waals surface area contributed by atoms with Crippen molar-refractivity contribution in [2.45, 2.75) is 6.61 Å². The van der Waals surface area contributed by atoms with Gasteiger partial charge in [-0.25, -0.2) is 4.79 Å². The number of pyridine rings is 1. The molecular weight excluding hydrogens is 232 g/mol. The zero-order valence-corrected chi connectivity index (χ0v) is 9.42. The smallest absolute Gasteiger partial charge is 0.355 e. The van der Waals surface area contributed by atoms with Crippen LogP contribution in [0, 0.1) is 0 Å². The predicted octanol–water partition coefficient (Wildman–Crippen LogP) is 2.51. The predicted molar refractivity (Wildman–Crippen MR) is 63.9 cm³/mol. The molecule has 3 aromatic rings. The van der Waals surface area contributed by atoms with E-state index in [-0.39, 0.29) is 6.61 Å². The maximum absolute atomic E-state index is 11.8. The molecule has 0 radical (unpaired) electrons. The number of rotatable bonds is 3. The minimum Gasteiger partial charge on any atom is -0.463 e. The summed E-state index contributed by atoms with van der Waals surface area (Å²) >= 11 is 0. The Labute approximate surface area is 102 Å². The molecule has 0 fully saturated rings. The highest BCUT2D eigenvalue weighted by molar-refractivity contribution is 5.93. The van der Waals surface area contributed by atoms with Crippen LogP contribution in [0.2, 0.25) is 0 Å². The fourth-order valence-electron chi connectivity index (χ4n) is 1.66. The van der Waals surface area contributed by atoms with Crippen LogP contribution in [0.3, 0.4) is 0 Å². The van der Waals surface area contributed by atoms with Crippen molar-refractivity contribution in [2.24, 2.45) is 0 Å². The maximum Gasteiger partial charge on any atom is 0.355 e. The van der Waals surface area contributed by atoms with Gasteiger partial charge in [0.2, 0.25) is 0 Å². The number of nitrogens with one attached hydrogen (secondary N) is 1. The average Bonchev–Trinajstić information content (AvgIpc) is 2.98. The van der Waals surface area contributed by atoms with Gasteiger partial charge in [0.05, 0.1) is 11.8 Å². The van der Waals surface area contributed by atoms with E-state index >= 15 is 0 Å². The van der Waals surface area contributed by atoms with E-state index in [0.717, 1.165) is 11.1 Å². The van der Waals surface area contributed by atoms with Crippen molar-refractivity contribution in [2.75, 3.05) is 0 Å². The lowest BCUT2D eigenvalue weighted by molar-refractivity contribution is 0.0466. The number of carbonyl (C=O) groups is 1. The van der Waals surface area contributed by atoms with Gasteiger partial charge in [0.1, 0.15) is 12.3 Å². The third-order valence-electron chi connectivity index (χ3n) is 2.58. The summed E-state index contributed by atoms with van der Waals surface area (Å²) in [4.78, 5) is 18.6. The first-order valence-electron chi connectivity index (χ1n) is 5.45. The Hall–Kier alpha value is -2.56. The van der Waals surface area contributed by atoms with Gasteiger partial charge in [-0.3, -0.25) is 4.98 Å². The van der Waals surface area contributed by atoms with Gasteiger partial charge in [-0.1, -0.05) is 0 Å². The van der Waals surface area contributed by atoms with Crippen LogP contribution < -0.4 is 0 Å². The van der Waals surface area contributed by atoms with Crippen LogP contribution in [0.1, 0.15) is 16.1 Å². The van der Waals surface area contributed by atoms with Crippen LogP contribution in [-0.4, -0.2) is 15.9 Å². The first-order chi connectivity index (χ1) is 8.83. The molecule has 0 amide bonds. The molecule has 90 valence electrons. The van der Waals surface area contributed by atoms with E-state index in [2.05, 4.69) is 9.97 Å². The van der Waals surface area contributed by atoms with Crippen molar-refractivity contribution in [3.8, 4) is 0 Å². The number of aromatic amines is 1. The molecule has 0 aromatic carbocycles. The molecule has 0 spiro atoms. The molecule has 18 heavy (non-hydrogen) atoms. The van der Waals surface area contributed by atoms with Gasteiger partial charge in [0.25, 0.3) is 0 Å². The van der Waals surface area contributed by atoms with Crippen LogP contribution in [0.4, 0.5) is 0 Å². The summed E-state index contributed by atoms with van der Waals surface area (Å²) < 4.78 is 10.3. The number of H-pyrrole nitrogens is 1. The molecule has 0 aliphatic carbocycles. The Morgan fingerprint density at radius 2 is 2.17 bits per heavy atom. The third-order valence-corrected chi connectivity index (χ3v) is 2.58. The fraction of sp³-hybridized carbons (Fsp3) is 0.0769. The van der Waals surface area contributed by atoms with Gasteiger partial charge in [-0.2, -0.15) is 0 Å². The second-order valence-electron chi connectivity index (χ2n) is 3.81. The van der Waals surface area contributed by atoms with Gasteiger partial charge < -0.3 is 14.1 Å². The molecule has 3 aromatic heterocycles. The Kier molecular flexibility index (Phi) is 2.57. The lowest BCUT2D eigenvalue weighted by Crippen LogP contribution is -2.05.